The van der Waals surface area contributed by atoms with Crippen molar-refractivity contribution < 1.29 is 28.7 Å². The van der Waals surface area contributed by atoms with Crippen molar-refractivity contribution in [1.29, 1.82) is 0 Å². The summed E-state index contributed by atoms with van der Waals surface area (Å²) in [5.41, 5.74) is 0.294. The Morgan fingerprint density at radius 2 is 1.87 bits per heavy atom. The predicted octanol–water partition coefficient (Wildman–Crippen LogP) is 1.78. The number of esters is 1. The third-order valence-corrected chi connectivity index (χ3v) is 5.10. The van der Waals surface area contributed by atoms with Crippen molar-refractivity contribution in [3.05, 3.63) is 47.5 Å². The van der Waals surface area contributed by atoms with Crippen LogP contribution in [0.15, 0.2) is 30.9 Å². The first-order valence-corrected chi connectivity index (χ1v) is 9.75. The highest BCUT2D eigenvalue weighted by Gasteiger charge is 2.35. The Hall–Kier alpha value is -3.49. The molecule has 1 aromatic carbocycles. The van der Waals surface area contributed by atoms with Crippen LogP contribution in [0.4, 0.5) is 4.79 Å². The zero-order valence-corrected chi connectivity index (χ0v) is 16.6. The lowest BCUT2D eigenvalue weighted by Crippen LogP contribution is -2.47. The van der Waals surface area contributed by atoms with Crippen LogP contribution in [0.2, 0.25) is 0 Å². The van der Waals surface area contributed by atoms with E-state index in [4.69, 9.17) is 4.74 Å². The van der Waals surface area contributed by atoms with Crippen molar-refractivity contribution in [2.45, 2.75) is 44.8 Å². The van der Waals surface area contributed by atoms with Crippen LogP contribution in [0, 0.1) is 0 Å². The molecule has 9 nitrogen and oxygen atoms in total. The SMILES string of the molecule is C=CCN1C(=O)c2ccc(C(=O)O[C@H](C)C(=O)NC(=O)NC3CCCC3)cc2C1=O. The molecule has 158 valence electrons. The van der Waals surface area contributed by atoms with E-state index in [1.54, 1.807) is 0 Å². The molecule has 0 spiro atoms. The van der Waals surface area contributed by atoms with Crippen molar-refractivity contribution in [2.24, 2.45) is 0 Å². The van der Waals surface area contributed by atoms with E-state index in [2.05, 4.69) is 17.2 Å². The van der Waals surface area contributed by atoms with Gasteiger partial charge in [0.05, 0.1) is 16.7 Å². The summed E-state index contributed by atoms with van der Waals surface area (Å²) in [6, 6.07) is 3.40. The van der Waals surface area contributed by atoms with Gasteiger partial charge in [-0.25, -0.2) is 9.59 Å². The molecule has 30 heavy (non-hydrogen) atoms. The second kappa shape index (κ2) is 8.89. The van der Waals surface area contributed by atoms with E-state index in [1.165, 1.54) is 31.2 Å². The number of hydrogen-bond acceptors (Lipinski definition) is 6. The van der Waals surface area contributed by atoms with Crippen molar-refractivity contribution in [2.75, 3.05) is 6.54 Å². The van der Waals surface area contributed by atoms with Crippen LogP contribution in [0.1, 0.15) is 63.7 Å². The van der Waals surface area contributed by atoms with Gasteiger partial charge in [0.25, 0.3) is 17.7 Å². The number of carbonyl (C=O) groups excluding carboxylic acids is 5. The molecule has 1 aromatic rings. The van der Waals surface area contributed by atoms with Crippen LogP contribution >= 0.6 is 0 Å². The first kappa shape index (κ1) is 21.2. The maximum Gasteiger partial charge on any atom is 0.338 e. The number of benzene rings is 1. The topological polar surface area (TPSA) is 122 Å². The molecule has 2 aliphatic rings. The third-order valence-electron chi connectivity index (χ3n) is 5.10. The molecule has 3 rings (SSSR count). The molecule has 0 aromatic heterocycles. The van der Waals surface area contributed by atoms with Gasteiger partial charge in [-0.2, -0.15) is 0 Å². The van der Waals surface area contributed by atoms with E-state index >= 15 is 0 Å². The first-order chi connectivity index (χ1) is 14.3. The van der Waals surface area contributed by atoms with Crippen LogP contribution in [-0.2, 0) is 9.53 Å². The fourth-order valence-electron chi connectivity index (χ4n) is 3.50. The van der Waals surface area contributed by atoms with E-state index in [0.29, 0.717) is 0 Å². The van der Waals surface area contributed by atoms with Crippen molar-refractivity contribution in [3.8, 4) is 0 Å². The van der Waals surface area contributed by atoms with Crippen LogP contribution < -0.4 is 10.6 Å². The van der Waals surface area contributed by atoms with Gasteiger partial charge in [0.2, 0.25) is 0 Å². The lowest BCUT2D eigenvalue weighted by molar-refractivity contribution is -0.127. The highest BCUT2D eigenvalue weighted by atomic mass is 16.5. The summed E-state index contributed by atoms with van der Waals surface area (Å²) >= 11 is 0. The Bertz CT molecular complexity index is 919. The number of imide groups is 2. The molecule has 0 saturated heterocycles. The van der Waals surface area contributed by atoms with Gasteiger partial charge in [-0.05, 0) is 38.0 Å². The number of carbonyl (C=O) groups is 5. The van der Waals surface area contributed by atoms with Gasteiger partial charge in [0.15, 0.2) is 6.10 Å². The highest BCUT2D eigenvalue weighted by Crippen LogP contribution is 2.24. The number of amides is 5. The Morgan fingerprint density at radius 3 is 2.53 bits per heavy atom. The molecule has 1 saturated carbocycles. The summed E-state index contributed by atoms with van der Waals surface area (Å²) in [6.45, 7) is 4.91. The Kier molecular flexibility index (Phi) is 6.29. The highest BCUT2D eigenvalue weighted by molar-refractivity contribution is 6.22. The maximum atomic E-state index is 12.4. The summed E-state index contributed by atoms with van der Waals surface area (Å²) in [5.74, 6) is -2.60. The van der Waals surface area contributed by atoms with Crippen LogP contribution in [0.5, 0.6) is 0 Å². The number of nitrogens with one attached hydrogen (secondary N) is 2. The number of urea groups is 1. The van der Waals surface area contributed by atoms with E-state index in [1.807, 2.05) is 0 Å². The molecule has 0 unspecified atom stereocenters. The lowest BCUT2D eigenvalue weighted by Gasteiger charge is -2.15. The number of nitrogens with zero attached hydrogens (tertiary/aromatic N) is 1. The Morgan fingerprint density at radius 1 is 1.20 bits per heavy atom. The minimum Gasteiger partial charge on any atom is -0.449 e. The van der Waals surface area contributed by atoms with Gasteiger partial charge >= 0.3 is 12.0 Å². The Labute approximate surface area is 173 Å². The molecule has 1 aliphatic carbocycles. The largest absolute Gasteiger partial charge is 0.449 e. The molecule has 1 heterocycles. The maximum absolute atomic E-state index is 12.4. The number of fused-ring (bicyclic) bond motifs is 1. The standard InChI is InChI=1S/C21H23N3O6/c1-3-10-24-18(26)15-9-8-13(11-16(15)19(24)27)20(28)30-12(2)17(25)23-21(29)22-14-6-4-5-7-14/h3,8-9,11-12,14H,1,4-7,10H2,2H3,(H2,22,23,25,29)/t12-/m1/s1. The van der Waals surface area contributed by atoms with Crippen molar-refractivity contribution >= 4 is 29.7 Å². The van der Waals surface area contributed by atoms with Gasteiger partial charge in [-0.3, -0.25) is 24.6 Å². The van der Waals surface area contributed by atoms with Crippen molar-refractivity contribution in [1.82, 2.24) is 15.5 Å². The van der Waals surface area contributed by atoms with Crippen LogP contribution in [0.3, 0.4) is 0 Å². The molecule has 9 heteroatoms. The van der Waals surface area contributed by atoms with E-state index < -0.39 is 35.8 Å². The number of hydrogen-bond donors (Lipinski definition) is 2. The smallest absolute Gasteiger partial charge is 0.338 e. The lowest BCUT2D eigenvalue weighted by atomic mass is 10.1. The molecule has 0 bridgehead atoms. The summed E-state index contributed by atoms with van der Waals surface area (Å²) in [5, 5.41) is 4.87. The minimum atomic E-state index is -1.23. The molecular formula is C21H23N3O6. The van der Waals surface area contributed by atoms with Gasteiger partial charge in [0, 0.05) is 12.6 Å². The molecule has 1 aliphatic heterocycles. The van der Waals surface area contributed by atoms with Gasteiger partial charge < -0.3 is 10.1 Å². The van der Waals surface area contributed by atoms with Gasteiger partial charge in [-0.1, -0.05) is 18.9 Å². The normalized spacial score (nSPS) is 16.8. The Balaban J connectivity index is 1.60. The van der Waals surface area contributed by atoms with E-state index in [-0.39, 0.29) is 29.3 Å². The minimum absolute atomic E-state index is 0.0189. The van der Waals surface area contributed by atoms with E-state index in [0.717, 1.165) is 30.6 Å². The van der Waals surface area contributed by atoms with Crippen LogP contribution in [0.25, 0.3) is 0 Å². The summed E-state index contributed by atoms with van der Waals surface area (Å²) in [7, 11) is 0. The summed E-state index contributed by atoms with van der Waals surface area (Å²) in [4.78, 5) is 62.0. The molecule has 1 atom stereocenters. The second-order valence-corrected chi connectivity index (χ2v) is 7.26. The molecule has 0 radical (unpaired) electrons. The van der Waals surface area contributed by atoms with Crippen molar-refractivity contribution in [3.63, 3.8) is 0 Å². The fraction of sp³-hybridized carbons (Fsp3) is 0.381. The number of ether oxygens (including phenoxy) is 1. The van der Waals surface area contributed by atoms with Gasteiger partial charge in [0.1, 0.15) is 0 Å². The zero-order valence-electron chi connectivity index (χ0n) is 16.6. The summed E-state index contributed by atoms with van der Waals surface area (Å²) < 4.78 is 5.11. The number of rotatable bonds is 6. The fourth-order valence-corrected chi connectivity index (χ4v) is 3.50. The first-order valence-electron chi connectivity index (χ1n) is 9.75. The summed E-state index contributed by atoms with van der Waals surface area (Å²) in [6.07, 6.45) is 4.02. The molecule has 1 fully saturated rings. The zero-order chi connectivity index (χ0) is 21.8. The van der Waals surface area contributed by atoms with E-state index in [9.17, 15) is 24.0 Å². The molecule has 5 amide bonds. The van der Waals surface area contributed by atoms with Gasteiger partial charge in [-0.15, -0.1) is 6.58 Å². The second-order valence-electron chi connectivity index (χ2n) is 7.26. The average molecular weight is 413 g/mol. The molecule has 2 N–H and O–H groups in total. The van der Waals surface area contributed by atoms with Crippen LogP contribution in [-0.4, -0.2) is 53.3 Å². The third kappa shape index (κ3) is 4.40. The predicted molar refractivity (Wildman–Crippen MR) is 106 cm³/mol. The monoisotopic (exact) mass is 413 g/mol. The molecular weight excluding hydrogens is 390 g/mol. The quantitative estimate of drug-likeness (QED) is 0.416. The average Bonchev–Trinajstić information content (AvgIpc) is 3.30.